The van der Waals surface area contributed by atoms with Crippen LogP contribution in [0.25, 0.3) is 6.08 Å². The molecular formula is C10H11Br2NO. The summed E-state index contributed by atoms with van der Waals surface area (Å²) in [6, 6.07) is 3.68. The largest absolute Gasteiger partial charge is 0.506 e. The average Bonchev–Trinajstić information content (AvgIpc) is 2.13. The lowest BCUT2D eigenvalue weighted by Crippen LogP contribution is -2.03. The molecule has 2 N–H and O–H groups in total. The molecule has 0 unspecified atom stereocenters. The van der Waals surface area contributed by atoms with E-state index in [0.717, 1.165) is 16.6 Å². The van der Waals surface area contributed by atoms with Crippen LogP contribution in [0.2, 0.25) is 0 Å². The van der Waals surface area contributed by atoms with Crippen LogP contribution in [0.15, 0.2) is 27.2 Å². The van der Waals surface area contributed by atoms with Gasteiger partial charge in [-0.25, -0.2) is 0 Å². The number of aromatic hydroxyl groups is 1. The van der Waals surface area contributed by atoms with Crippen molar-refractivity contribution in [2.24, 2.45) is 0 Å². The molecule has 0 saturated carbocycles. The van der Waals surface area contributed by atoms with Crippen molar-refractivity contribution in [1.29, 1.82) is 0 Å². The zero-order chi connectivity index (χ0) is 10.6. The van der Waals surface area contributed by atoms with E-state index in [4.69, 9.17) is 0 Å². The van der Waals surface area contributed by atoms with Gasteiger partial charge in [-0.1, -0.05) is 28.1 Å². The van der Waals surface area contributed by atoms with Crippen molar-refractivity contribution < 1.29 is 5.11 Å². The van der Waals surface area contributed by atoms with E-state index >= 15 is 0 Å². The molecule has 0 amide bonds. The fourth-order valence-corrected chi connectivity index (χ4v) is 2.27. The van der Waals surface area contributed by atoms with Crippen LogP contribution in [-0.4, -0.2) is 18.7 Å². The van der Waals surface area contributed by atoms with Gasteiger partial charge >= 0.3 is 0 Å². The number of phenolic OH excluding ortho intramolecular Hbond substituents is 1. The van der Waals surface area contributed by atoms with Crippen LogP contribution in [0.1, 0.15) is 5.56 Å². The normalized spacial score (nSPS) is 11.1. The molecule has 0 aromatic heterocycles. The van der Waals surface area contributed by atoms with Crippen LogP contribution >= 0.6 is 31.9 Å². The van der Waals surface area contributed by atoms with Gasteiger partial charge in [0.15, 0.2) is 0 Å². The maximum Gasteiger partial charge on any atom is 0.137 e. The zero-order valence-corrected chi connectivity index (χ0v) is 10.9. The van der Waals surface area contributed by atoms with E-state index in [1.807, 2.05) is 31.3 Å². The Morgan fingerprint density at radius 3 is 2.79 bits per heavy atom. The SMILES string of the molecule is CNCC=Cc1cc(Br)cc(Br)c1O. The highest BCUT2D eigenvalue weighted by Gasteiger charge is 2.03. The molecule has 0 bridgehead atoms. The summed E-state index contributed by atoms with van der Waals surface area (Å²) < 4.78 is 1.63. The highest BCUT2D eigenvalue weighted by Crippen LogP contribution is 2.32. The van der Waals surface area contributed by atoms with Crippen LogP contribution in [0, 0.1) is 0 Å². The molecule has 1 aromatic carbocycles. The van der Waals surface area contributed by atoms with Gasteiger partial charge in [0.1, 0.15) is 5.75 Å². The van der Waals surface area contributed by atoms with Gasteiger partial charge in [-0.3, -0.25) is 0 Å². The maximum absolute atomic E-state index is 9.68. The standard InChI is InChI=1S/C10H11Br2NO/c1-13-4-2-3-7-5-8(11)6-9(12)10(7)14/h2-3,5-6,13-14H,4H2,1H3. The Kier molecular flexibility index (Phi) is 4.65. The molecule has 0 heterocycles. The Morgan fingerprint density at radius 2 is 2.14 bits per heavy atom. The molecule has 4 heteroatoms. The van der Waals surface area contributed by atoms with Gasteiger partial charge in [-0.05, 0) is 35.1 Å². The lowest BCUT2D eigenvalue weighted by molar-refractivity contribution is 0.470. The fraction of sp³-hybridized carbons (Fsp3) is 0.200. The van der Waals surface area contributed by atoms with Crippen molar-refractivity contribution >= 4 is 37.9 Å². The molecule has 0 aliphatic rings. The Morgan fingerprint density at radius 1 is 1.43 bits per heavy atom. The molecule has 0 atom stereocenters. The highest BCUT2D eigenvalue weighted by molar-refractivity contribution is 9.11. The molecule has 2 nitrogen and oxygen atoms in total. The minimum absolute atomic E-state index is 0.264. The van der Waals surface area contributed by atoms with E-state index in [9.17, 15) is 5.11 Å². The van der Waals surface area contributed by atoms with Crippen molar-refractivity contribution in [3.05, 3.63) is 32.7 Å². The number of hydrogen-bond donors (Lipinski definition) is 2. The van der Waals surface area contributed by atoms with Gasteiger partial charge in [0.05, 0.1) is 4.47 Å². The first-order valence-corrected chi connectivity index (χ1v) is 5.73. The van der Waals surface area contributed by atoms with Crippen LogP contribution in [0.4, 0.5) is 0 Å². The van der Waals surface area contributed by atoms with Crippen LogP contribution < -0.4 is 5.32 Å². The third-order valence-corrected chi connectivity index (χ3v) is 2.74. The van der Waals surface area contributed by atoms with Crippen LogP contribution in [0.3, 0.4) is 0 Å². The average molecular weight is 321 g/mol. The van der Waals surface area contributed by atoms with Gasteiger partial charge in [-0.15, -0.1) is 0 Å². The Labute approximate surface area is 100 Å². The molecule has 0 aliphatic heterocycles. The highest BCUT2D eigenvalue weighted by atomic mass is 79.9. The summed E-state index contributed by atoms with van der Waals surface area (Å²) in [6.07, 6.45) is 3.83. The van der Waals surface area contributed by atoms with Crippen molar-refractivity contribution in [2.75, 3.05) is 13.6 Å². The molecular weight excluding hydrogens is 310 g/mol. The van der Waals surface area contributed by atoms with Gasteiger partial charge in [0.2, 0.25) is 0 Å². The monoisotopic (exact) mass is 319 g/mol. The molecule has 14 heavy (non-hydrogen) atoms. The zero-order valence-electron chi connectivity index (χ0n) is 7.72. The number of halogens is 2. The molecule has 1 aromatic rings. The number of nitrogens with one attached hydrogen (secondary N) is 1. The second-order valence-corrected chi connectivity index (χ2v) is 4.56. The van der Waals surface area contributed by atoms with Gasteiger partial charge < -0.3 is 10.4 Å². The molecule has 1 rings (SSSR count). The van der Waals surface area contributed by atoms with Crippen molar-refractivity contribution in [3.8, 4) is 5.75 Å². The number of likely N-dealkylation sites (N-methyl/N-ethyl adjacent to an activating group) is 1. The smallest absolute Gasteiger partial charge is 0.137 e. The Bertz CT molecular complexity index is 350. The Hall–Kier alpha value is -0.320. The van der Waals surface area contributed by atoms with E-state index in [0.29, 0.717) is 4.47 Å². The van der Waals surface area contributed by atoms with Crippen molar-refractivity contribution in [3.63, 3.8) is 0 Å². The maximum atomic E-state index is 9.68. The molecule has 0 fully saturated rings. The first-order chi connectivity index (χ1) is 6.65. The lowest BCUT2D eigenvalue weighted by atomic mass is 10.2. The number of benzene rings is 1. The molecule has 76 valence electrons. The van der Waals surface area contributed by atoms with E-state index in [1.165, 1.54) is 0 Å². The summed E-state index contributed by atoms with van der Waals surface area (Å²) in [5.41, 5.74) is 0.793. The molecule has 0 spiro atoms. The van der Waals surface area contributed by atoms with Crippen LogP contribution in [-0.2, 0) is 0 Å². The van der Waals surface area contributed by atoms with Crippen molar-refractivity contribution in [2.45, 2.75) is 0 Å². The third-order valence-electron chi connectivity index (χ3n) is 1.68. The number of rotatable bonds is 3. The Balaban J connectivity index is 2.96. The van der Waals surface area contributed by atoms with Gasteiger partial charge in [0.25, 0.3) is 0 Å². The van der Waals surface area contributed by atoms with E-state index < -0.39 is 0 Å². The fourth-order valence-electron chi connectivity index (χ4n) is 1.02. The van der Waals surface area contributed by atoms with E-state index in [2.05, 4.69) is 37.2 Å². The lowest BCUT2D eigenvalue weighted by Gasteiger charge is -2.02. The predicted octanol–water partition coefficient (Wildman–Crippen LogP) is 3.15. The minimum atomic E-state index is 0.264. The summed E-state index contributed by atoms with van der Waals surface area (Å²) in [4.78, 5) is 0. The summed E-state index contributed by atoms with van der Waals surface area (Å²) >= 11 is 6.64. The summed E-state index contributed by atoms with van der Waals surface area (Å²) in [6.45, 7) is 0.781. The first kappa shape index (κ1) is 11.8. The molecule has 0 radical (unpaired) electrons. The second-order valence-electron chi connectivity index (χ2n) is 2.79. The topological polar surface area (TPSA) is 32.3 Å². The summed E-state index contributed by atoms with van der Waals surface area (Å²) in [5.74, 6) is 0.264. The molecule has 0 saturated heterocycles. The van der Waals surface area contributed by atoms with Crippen molar-refractivity contribution in [1.82, 2.24) is 5.32 Å². The quantitative estimate of drug-likeness (QED) is 0.896. The predicted molar refractivity (Wildman–Crippen MR) is 66.5 cm³/mol. The molecule has 0 aliphatic carbocycles. The summed E-state index contributed by atoms with van der Waals surface area (Å²) in [7, 11) is 1.88. The third kappa shape index (κ3) is 3.12. The van der Waals surface area contributed by atoms with E-state index in [1.54, 1.807) is 0 Å². The summed E-state index contributed by atoms with van der Waals surface area (Å²) in [5, 5.41) is 12.7. The minimum Gasteiger partial charge on any atom is -0.506 e. The first-order valence-electron chi connectivity index (χ1n) is 4.14. The number of hydrogen-bond acceptors (Lipinski definition) is 2. The van der Waals surface area contributed by atoms with Crippen LogP contribution in [0.5, 0.6) is 5.75 Å². The number of phenols is 1. The van der Waals surface area contributed by atoms with E-state index in [-0.39, 0.29) is 5.75 Å². The second kappa shape index (κ2) is 5.53. The van der Waals surface area contributed by atoms with Gasteiger partial charge in [-0.2, -0.15) is 0 Å². The van der Waals surface area contributed by atoms with Gasteiger partial charge in [0, 0.05) is 16.6 Å².